The summed E-state index contributed by atoms with van der Waals surface area (Å²) in [4.78, 5) is 20.2. The molecule has 0 spiro atoms. The molecule has 1 aromatic carbocycles. The van der Waals surface area contributed by atoms with Gasteiger partial charge in [-0.1, -0.05) is 12.1 Å². The number of nitrogens with one attached hydrogen (secondary N) is 3. The highest BCUT2D eigenvalue weighted by Crippen LogP contribution is 2.32. The van der Waals surface area contributed by atoms with Crippen molar-refractivity contribution in [2.45, 2.75) is 57.2 Å². The summed E-state index contributed by atoms with van der Waals surface area (Å²) in [5.74, 6) is 1.49. The second-order valence-corrected chi connectivity index (χ2v) is 7.11. The number of carbonyl (C=O) groups excluding carboxylic acids is 1. The number of H-pyrrole nitrogens is 1. The molecule has 3 heterocycles. The number of aromatic nitrogens is 2. The summed E-state index contributed by atoms with van der Waals surface area (Å²) in [6.45, 7) is 1.99. The van der Waals surface area contributed by atoms with E-state index in [1.807, 2.05) is 31.2 Å². The van der Waals surface area contributed by atoms with Crippen molar-refractivity contribution in [1.29, 1.82) is 0 Å². The van der Waals surface area contributed by atoms with Gasteiger partial charge >= 0.3 is 0 Å². The summed E-state index contributed by atoms with van der Waals surface area (Å²) >= 11 is 0. The molecule has 2 fully saturated rings. The third kappa shape index (κ3) is 3.11. The monoisotopic (exact) mass is 312 g/mol. The molecule has 3 N–H and O–H groups in total. The van der Waals surface area contributed by atoms with Crippen LogP contribution >= 0.6 is 0 Å². The minimum atomic E-state index is -0.0895. The Balaban J connectivity index is 1.36. The van der Waals surface area contributed by atoms with E-state index >= 15 is 0 Å². The van der Waals surface area contributed by atoms with Crippen molar-refractivity contribution in [3.8, 4) is 0 Å². The molecular weight excluding hydrogens is 288 g/mol. The molecular formula is C18H24N4O. The Morgan fingerprint density at radius 3 is 2.78 bits per heavy atom. The number of amides is 1. The topological polar surface area (TPSA) is 69.8 Å². The number of imidazole rings is 1. The number of hydrogen-bond donors (Lipinski definition) is 3. The Bertz CT molecular complexity index is 665. The first kappa shape index (κ1) is 14.7. The molecule has 2 bridgehead atoms. The second-order valence-electron chi connectivity index (χ2n) is 7.11. The number of benzene rings is 1. The highest BCUT2D eigenvalue weighted by Gasteiger charge is 2.34. The van der Waals surface area contributed by atoms with E-state index in [1.54, 1.807) is 0 Å². The maximum atomic E-state index is 12.4. The van der Waals surface area contributed by atoms with Crippen LogP contribution in [0.15, 0.2) is 24.3 Å². The molecule has 2 aliphatic heterocycles. The van der Waals surface area contributed by atoms with Crippen molar-refractivity contribution < 1.29 is 4.79 Å². The number of aromatic amines is 1. The van der Waals surface area contributed by atoms with Crippen molar-refractivity contribution in [3.63, 3.8) is 0 Å². The Kier molecular flexibility index (Phi) is 3.81. The molecule has 122 valence electrons. The molecule has 0 saturated carbocycles. The minimum absolute atomic E-state index is 0.0895. The molecule has 23 heavy (non-hydrogen) atoms. The molecule has 2 saturated heterocycles. The van der Waals surface area contributed by atoms with Gasteiger partial charge in [-0.25, -0.2) is 4.98 Å². The van der Waals surface area contributed by atoms with Gasteiger partial charge in [-0.2, -0.15) is 0 Å². The lowest BCUT2D eigenvalue weighted by Crippen LogP contribution is -2.40. The molecule has 0 radical (unpaired) electrons. The average Bonchev–Trinajstić information content (AvgIpc) is 3.10. The maximum absolute atomic E-state index is 12.4. The van der Waals surface area contributed by atoms with E-state index < -0.39 is 0 Å². The molecule has 1 amide bonds. The van der Waals surface area contributed by atoms with Crippen LogP contribution in [0, 0.1) is 5.92 Å². The zero-order valence-corrected chi connectivity index (χ0v) is 13.5. The molecule has 5 nitrogen and oxygen atoms in total. The largest absolute Gasteiger partial charge is 0.346 e. The first-order valence-corrected chi connectivity index (χ1v) is 8.67. The lowest BCUT2D eigenvalue weighted by molar-refractivity contribution is -0.123. The predicted molar refractivity (Wildman–Crippen MR) is 89.9 cm³/mol. The van der Waals surface area contributed by atoms with Crippen molar-refractivity contribution in [2.24, 2.45) is 5.92 Å². The molecule has 2 aliphatic rings. The standard InChI is InChI=1S/C18H24N4O/c1-11(18-21-15-4-2-3-5-16(15)22-18)19-17(23)10-12-8-13-6-7-14(9-12)20-13/h2-5,11-14,20H,6-10H2,1H3,(H,19,23)(H,21,22). The summed E-state index contributed by atoms with van der Waals surface area (Å²) in [6.07, 6.45) is 5.47. The van der Waals surface area contributed by atoms with E-state index in [2.05, 4.69) is 20.6 Å². The molecule has 4 rings (SSSR count). The number of para-hydroxylation sites is 2. The van der Waals surface area contributed by atoms with Crippen LogP contribution in [-0.4, -0.2) is 28.0 Å². The van der Waals surface area contributed by atoms with Crippen LogP contribution in [0.4, 0.5) is 0 Å². The van der Waals surface area contributed by atoms with Gasteiger partial charge < -0.3 is 15.6 Å². The number of hydrogen-bond acceptors (Lipinski definition) is 3. The number of carbonyl (C=O) groups is 1. The summed E-state index contributed by atoms with van der Waals surface area (Å²) in [5.41, 5.74) is 1.96. The zero-order chi connectivity index (χ0) is 15.8. The number of piperidine rings is 1. The first-order chi connectivity index (χ1) is 11.2. The van der Waals surface area contributed by atoms with Gasteiger partial charge in [0.15, 0.2) is 0 Å². The summed E-state index contributed by atoms with van der Waals surface area (Å²) in [7, 11) is 0. The third-order valence-electron chi connectivity index (χ3n) is 5.24. The number of fused-ring (bicyclic) bond motifs is 3. The van der Waals surface area contributed by atoms with E-state index in [0.29, 0.717) is 24.4 Å². The molecule has 0 aliphatic carbocycles. The summed E-state index contributed by atoms with van der Waals surface area (Å²) < 4.78 is 0. The van der Waals surface area contributed by atoms with Gasteiger partial charge in [0.25, 0.3) is 0 Å². The fourth-order valence-electron chi connectivity index (χ4n) is 4.15. The molecule has 3 unspecified atom stereocenters. The Hall–Kier alpha value is -1.88. The Morgan fingerprint density at radius 2 is 2.04 bits per heavy atom. The van der Waals surface area contributed by atoms with Crippen LogP contribution in [-0.2, 0) is 4.79 Å². The maximum Gasteiger partial charge on any atom is 0.220 e. The first-order valence-electron chi connectivity index (χ1n) is 8.67. The van der Waals surface area contributed by atoms with E-state index in [9.17, 15) is 4.79 Å². The summed E-state index contributed by atoms with van der Waals surface area (Å²) in [5, 5.41) is 6.73. The van der Waals surface area contributed by atoms with Crippen LogP contribution in [0.5, 0.6) is 0 Å². The van der Waals surface area contributed by atoms with Crippen molar-refractivity contribution >= 4 is 16.9 Å². The highest BCUT2D eigenvalue weighted by atomic mass is 16.1. The Labute approximate surface area is 136 Å². The fourth-order valence-corrected chi connectivity index (χ4v) is 4.15. The molecule has 3 atom stereocenters. The van der Waals surface area contributed by atoms with Crippen LogP contribution < -0.4 is 10.6 Å². The SMILES string of the molecule is CC(NC(=O)CC1CC2CCC(C1)N2)c1nc2ccccc2[nH]1. The van der Waals surface area contributed by atoms with E-state index in [0.717, 1.165) is 29.7 Å². The van der Waals surface area contributed by atoms with Gasteiger partial charge in [-0.05, 0) is 50.7 Å². The van der Waals surface area contributed by atoms with Crippen LogP contribution in [0.2, 0.25) is 0 Å². The van der Waals surface area contributed by atoms with Gasteiger partial charge in [0.1, 0.15) is 5.82 Å². The summed E-state index contributed by atoms with van der Waals surface area (Å²) in [6, 6.07) is 9.13. The molecule has 5 heteroatoms. The predicted octanol–water partition coefficient (Wildman–Crippen LogP) is 2.66. The van der Waals surface area contributed by atoms with Crippen LogP contribution in [0.1, 0.15) is 50.9 Å². The van der Waals surface area contributed by atoms with Crippen LogP contribution in [0.3, 0.4) is 0 Å². The van der Waals surface area contributed by atoms with Gasteiger partial charge in [0.05, 0.1) is 17.1 Å². The van der Waals surface area contributed by atoms with E-state index in [1.165, 1.54) is 12.8 Å². The van der Waals surface area contributed by atoms with E-state index in [-0.39, 0.29) is 11.9 Å². The average molecular weight is 312 g/mol. The van der Waals surface area contributed by atoms with Crippen molar-refractivity contribution in [1.82, 2.24) is 20.6 Å². The van der Waals surface area contributed by atoms with Gasteiger partial charge in [-0.3, -0.25) is 4.79 Å². The zero-order valence-electron chi connectivity index (χ0n) is 13.5. The third-order valence-corrected chi connectivity index (χ3v) is 5.24. The molecule has 2 aromatic rings. The molecule has 1 aromatic heterocycles. The van der Waals surface area contributed by atoms with E-state index in [4.69, 9.17) is 0 Å². The van der Waals surface area contributed by atoms with Crippen LogP contribution in [0.25, 0.3) is 11.0 Å². The van der Waals surface area contributed by atoms with Gasteiger partial charge in [-0.15, -0.1) is 0 Å². The minimum Gasteiger partial charge on any atom is -0.346 e. The number of rotatable bonds is 4. The second kappa shape index (κ2) is 5.96. The van der Waals surface area contributed by atoms with Crippen molar-refractivity contribution in [3.05, 3.63) is 30.1 Å². The van der Waals surface area contributed by atoms with Gasteiger partial charge in [0.2, 0.25) is 5.91 Å². The van der Waals surface area contributed by atoms with Crippen molar-refractivity contribution in [2.75, 3.05) is 0 Å². The smallest absolute Gasteiger partial charge is 0.220 e. The lowest BCUT2D eigenvalue weighted by Gasteiger charge is -2.28. The number of nitrogens with zero attached hydrogens (tertiary/aromatic N) is 1. The quantitative estimate of drug-likeness (QED) is 0.813. The normalized spacial score (nSPS) is 28.0. The van der Waals surface area contributed by atoms with Gasteiger partial charge in [0, 0.05) is 18.5 Å². The fraction of sp³-hybridized carbons (Fsp3) is 0.556. The lowest BCUT2D eigenvalue weighted by atomic mass is 9.89. The highest BCUT2D eigenvalue weighted by molar-refractivity contribution is 5.77. The Morgan fingerprint density at radius 1 is 1.30 bits per heavy atom.